The second-order valence-corrected chi connectivity index (χ2v) is 7.99. The van der Waals surface area contributed by atoms with Crippen molar-refractivity contribution in [3.63, 3.8) is 0 Å². The molecule has 1 fully saturated rings. The number of aliphatic carboxylic acids is 1. The summed E-state index contributed by atoms with van der Waals surface area (Å²) in [5.41, 5.74) is 1.48. The van der Waals surface area contributed by atoms with Crippen molar-refractivity contribution in [1.29, 1.82) is 0 Å². The number of aliphatic hydroxyl groups is 1. The first-order valence-electron chi connectivity index (χ1n) is 9.74. The maximum Gasteiger partial charge on any atom is 0.308 e. The quantitative estimate of drug-likeness (QED) is 0.610. The van der Waals surface area contributed by atoms with E-state index in [1.54, 1.807) is 24.6 Å². The van der Waals surface area contributed by atoms with E-state index in [2.05, 4.69) is 20.3 Å². The lowest BCUT2D eigenvalue weighted by molar-refractivity contribution is -0.141. The highest BCUT2D eigenvalue weighted by Crippen LogP contribution is 2.28. The van der Waals surface area contributed by atoms with Crippen molar-refractivity contribution in [3.05, 3.63) is 48.2 Å². The minimum atomic E-state index is -0.893. The van der Waals surface area contributed by atoms with E-state index >= 15 is 0 Å². The lowest BCUT2D eigenvalue weighted by Gasteiger charge is -2.32. The molecule has 0 spiro atoms. The summed E-state index contributed by atoms with van der Waals surface area (Å²) in [5, 5.41) is 27.2. The lowest BCUT2D eigenvalue weighted by atomic mass is 9.98. The van der Waals surface area contributed by atoms with Crippen LogP contribution in [0.15, 0.2) is 42.6 Å². The minimum absolute atomic E-state index is 0.381. The first-order chi connectivity index (χ1) is 13.8. The Balaban J connectivity index is 1.63. The molecule has 8 nitrogen and oxygen atoms in total. The molecule has 0 bridgehead atoms. The van der Waals surface area contributed by atoms with Crippen LogP contribution >= 0.6 is 0 Å². The third-order valence-electron chi connectivity index (χ3n) is 5.30. The van der Waals surface area contributed by atoms with Gasteiger partial charge in [-0.25, -0.2) is 4.98 Å². The molecular weight excluding hydrogens is 370 g/mol. The average molecular weight is 395 g/mol. The Morgan fingerprint density at radius 3 is 2.69 bits per heavy atom. The number of hydrogen-bond donors (Lipinski definition) is 3. The zero-order valence-corrected chi connectivity index (χ0v) is 16.5. The Morgan fingerprint density at radius 1 is 1.24 bits per heavy atom. The highest BCUT2D eigenvalue weighted by molar-refractivity contribution is 5.72. The summed E-state index contributed by atoms with van der Waals surface area (Å²) >= 11 is 0. The van der Waals surface area contributed by atoms with E-state index in [9.17, 15) is 15.0 Å². The van der Waals surface area contributed by atoms with Gasteiger partial charge >= 0.3 is 5.97 Å². The van der Waals surface area contributed by atoms with Gasteiger partial charge in [0, 0.05) is 30.9 Å². The molecule has 1 saturated heterocycles. The van der Waals surface area contributed by atoms with Crippen molar-refractivity contribution in [1.82, 2.24) is 14.6 Å². The van der Waals surface area contributed by atoms with E-state index in [-0.39, 0.29) is 5.92 Å². The Hall–Kier alpha value is -3.13. The lowest BCUT2D eigenvalue weighted by Crippen LogP contribution is -2.39. The fourth-order valence-corrected chi connectivity index (χ4v) is 3.68. The number of carbonyl (C=O) groups is 1. The Bertz CT molecular complexity index is 1020. The van der Waals surface area contributed by atoms with Crippen LogP contribution in [0.1, 0.15) is 32.3 Å². The number of carboxylic acid groups (broad SMARTS) is 1. The molecule has 152 valence electrons. The summed E-state index contributed by atoms with van der Waals surface area (Å²) < 4.78 is 1.74. The summed E-state index contributed by atoms with van der Waals surface area (Å²) in [5.74, 6) is 0.335. The predicted octanol–water partition coefficient (Wildman–Crippen LogP) is 3.00. The minimum Gasteiger partial charge on any atom is -0.481 e. The molecule has 1 aromatic carbocycles. The van der Waals surface area contributed by atoms with Crippen LogP contribution in [0.3, 0.4) is 0 Å². The van der Waals surface area contributed by atoms with E-state index in [0.717, 1.165) is 30.0 Å². The van der Waals surface area contributed by atoms with Crippen LogP contribution in [0, 0.1) is 5.92 Å². The summed E-state index contributed by atoms with van der Waals surface area (Å²) in [7, 11) is 0. The molecule has 29 heavy (non-hydrogen) atoms. The van der Waals surface area contributed by atoms with Gasteiger partial charge in [-0.3, -0.25) is 4.79 Å². The van der Waals surface area contributed by atoms with Gasteiger partial charge in [0.2, 0.25) is 0 Å². The van der Waals surface area contributed by atoms with Gasteiger partial charge in [-0.15, -0.1) is 0 Å². The number of piperidine rings is 1. The maximum absolute atomic E-state index is 11.5. The zero-order chi connectivity index (χ0) is 20.6. The Kier molecular flexibility index (Phi) is 4.87. The van der Waals surface area contributed by atoms with Crippen LogP contribution in [0.25, 0.3) is 5.65 Å². The van der Waals surface area contributed by atoms with Crippen molar-refractivity contribution in [2.45, 2.75) is 32.3 Å². The summed E-state index contributed by atoms with van der Waals surface area (Å²) in [6.45, 7) is 4.73. The molecule has 1 aliphatic rings. The molecular formula is C21H25N5O3. The molecule has 3 N–H and O–H groups in total. The number of carboxylic acids is 1. The molecule has 8 heteroatoms. The van der Waals surface area contributed by atoms with Gasteiger partial charge in [-0.1, -0.05) is 12.1 Å². The monoisotopic (exact) mass is 395 g/mol. The number of fused-ring (bicyclic) bond motifs is 1. The standard InChI is InChI=1S/C21H25N5O3/c1-21(2,29)15-5-7-16(8-6-15)23-17-12-19(26-18(24-17)9-10-22-26)25-11-3-4-14(13-25)20(27)28/h5-10,12,14,29H,3-4,11,13H2,1-2H3,(H,23,24)(H,27,28)/t14-/m0/s1. The molecule has 3 aromatic rings. The molecule has 0 aliphatic carbocycles. The van der Waals surface area contributed by atoms with Gasteiger partial charge in [0.1, 0.15) is 11.6 Å². The van der Waals surface area contributed by atoms with E-state index in [1.807, 2.05) is 36.4 Å². The van der Waals surface area contributed by atoms with Gasteiger partial charge in [-0.2, -0.15) is 9.61 Å². The fraction of sp³-hybridized carbons (Fsp3) is 0.381. The fourth-order valence-electron chi connectivity index (χ4n) is 3.68. The van der Waals surface area contributed by atoms with Crippen LogP contribution < -0.4 is 10.2 Å². The van der Waals surface area contributed by atoms with Gasteiger partial charge in [0.25, 0.3) is 0 Å². The number of anilines is 3. The maximum atomic E-state index is 11.5. The second-order valence-electron chi connectivity index (χ2n) is 7.99. The van der Waals surface area contributed by atoms with E-state index in [0.29, 0.717) is 24.4 Å². The van der Waals surface area contributed by atoms with E-state index in [4.69, 9.17) is 0 Å². The number of aromatic nitrogens is 3. The molecule has 1 atom stereocenters. The zero-order valence-electron chi connectivity index (χ0n) is 16.5. The summed E-state index contributed by atoms with van der Waals surface area (Å²) in [6, 6.07) is 11.3. The second kappa shape index (κ2) is 7.36. The average Bonchev–Trinajstić information content (AvgIpc) is 3.16. The molecule has 0 amide bonds. The Morgan fingerprint density at radius 2 is 2.00 bits per heavy atom. The highest BCUT2D eigenvalue weighted by Gasteiger charge is 2.27. The van der Waals surface area contributed by atoms with Gasteiger partial charge in [0.15, 0.2) is 5.65 Å². The van der Waals surface area contributed by atoms with Crippen LogP contribution in [0.5, 0.6) is 0 Å². The van der Waals surface area contributed by atoms with Gasteiger partial charge < -0.3 is 20.4 Å². The van der Waals surface area contributed by atoms with Crippen molar-refractivity contribution in [2.75, 3.05) is 23.3 Å². The topological polar surface area (TPSA) is 103 Å². The van der Waals surface area contributed by atoms with Crippen molar-refractivity contribution < 1.29 is 15.0 Å². The largest absolute Gasteiger partial charge is 0.481 e. The van der Waals surface area contributed by atoms with Crippen LogP contribution in [0.4, 0.5) is 17.3 Å². The first kappa shape index (κ1) is 19.2. The van der Waals surface area contributed by atoms with Crippen LogP contribution in [-0.4, -0.2) is 43.9 Å². The smallest absolute Gasteiger partial charge is 0.308 e. The van der Waals surface area contributed by atoms with Crippen LogP contribution in [0.2, 0.25) is 0 Å². The molecule has 3 heterocycles. The van der Waals surface area contributed by atoms with Crippen molar-refractivity contribution in [2.24, 2.45) is 5.92 Å². The number of benzene rings is 1. The van der Waals surface area contributed by atoms with Crippen molar-refractivity contribution in [3.8, 4) is 0 Å². The SMILES string of the molecule is CC(C)(O)c1ccc(Nc2cc(N3CCC[C@H](C(=O)O)C3)n3nccc3n2)cc1. The third-order valence-corrected chi connectivity index (χ3v) is 5.30. The van der Waals surface area contributed by atoms with E-state index in [1.165, 1.54) is 0 Å². The number of nitrogens with zero attached hydrogens (tertiary/aromatic N) is 4. The summed E-state index contributed by atoms with van der Waals surface area (Å²) in [4.78, 5) is 18.1. The number of rotatable bonds is 5. The molecule has 0 saturated carbocycles. The number of hydrogen-bond acceptors (Lipinski definition) is 6. The third kappa shape index (κ3) is 4.02. The first-order valence-corrected chi connectivity index (χ1v) is 9.74. The van der Waals surface area contributed by atoms with Crippen LogP contribution in [-0.2, 0) is 10.4 Å². The molecule has 0 radical (unpaired) electrons. The summed E-state index contributed by atoms with van der Waals surface area (Å²) in [6.07, 6.45) is 3.20. The number of nitrogens with one attached hydrogen (secondary N) is 1. The normalized spacial score (nSPS) is 17.5. The predicted molar refractivity (Wildman–Crippen MR) is 111 cm³/mol. The molecule has 4 rings (SSSR count). The molecule has 1 aliphatic heterocycles. The van der Waals surface area contributed by atoms with E-state index < -0.39 is 11.6 Å². The molecule has 0 unspecified atom stereocenters. The molecule has 2 aromatic heterocycles. The van der Waals surface area contributed by atoms with Crippen molar-refractivity contribution >= 4 is 28.9 Å². The Labute approximate surface area is 168 Å². The highest BCUT2D eigenvalue weighted by atomic mass is 16.4. The van der Waals surface area contributed by atoms with Gasteiger partial charge in [-0.05, 0) is 44.4 Å². The van der Waals surface area contributed by atoms with Gasteiger partial charge in [0.05, 0.1) is 17.7 Å².